The number of carbonyl (C=O) groups excluding carboxylic acids is 1. The molecule has 1 aromatic rings. The Hall–Kier alpha value is -1.72. The van der Waals surface area contributed by atoms with E-state index in [1.807, 2.05) is 27.7 Å². The number of benzene rings is 1. The summed E-state index contributed by atoms with van der Waals surface area (Å²) in [4.78, 5) is 14.0. The van der Waals surface area contributed by atoms with E-state index in [-0.39, 0.29) is 18.1 Å². The second kappa shape index (κ2) is 6.65. The van der Waals surface area contributed by atoms with Crippen molar-refractivity contribution in [1.82, 2.24) is 4.90 Å². The van der Waals surface area contributed by atoms with Crippen molar-refractivity contribution in [2.45, 2.75) is 64.3 Å². The van der Waals surface area contributed by atoms with Gasteiger partial charge >= 0.3 is 12.3 Å². The Kier molecular flexibility index (Phi) is 5.16. The molecule has 0 spiro atoms. The quantitative estimate of drug-likeness (QED) is 0.738. The van der Waals surface area contributed by atoms with Gasteiger partial charge < -0.3 is 9.64 Å². The first kappa shape index (κ1) is 18.6. The lowest BCUT2D eigenvalue weighted by Crippen LogP contribution is -2.39. The van der Waals surface area contributed by atoms with Crippen molar-refractivity contribution >= 4 is 6.09 Å². The number of amides is 1. The van der Waals surface area contributed by atoms with Gasteiger partial charge in [0, 0.05) is 18.5 Å². The van der Waals surface area contributed by atoms with Gasteiger partial charge in [0.25, 0.3) is 0 Å². The fourth-order valence-electron chi connectivity index (χ4n) is 3.03. The van der Waals surface area contributed by atoms with Crippen molar-refractivity contribution in [3.05, 3.63) is 35.4 Å². The Labute approximate surface area is 140 Å². The zero-order valence-corrected chi connectivity index (χ0v) is 14.5. The van der Waals surface area contributed by atoms with Crippen LogP contribution < -0.4 is 0 Å². The maximum atomic E-state index is 12.7. The first-order valence-electron chi connectivity index (χ1n) is 8.18. The van der Waals surface area contributed by atoms with E-state index >= 15 is 0 Å². The van der Waals surface area contributed by atoms with E-state index in [2.05, 4.69) is 0 Å². The average Bonchev–Trinajstić information content (AvgIpc) is 2.89. The van der Waals surface area contributed by atoms with Crippen LogP contribution in [0, 0.1) is 0 Å². The summed E-state index contributed by atoms with van der Waals surface area (Å²) in [7, 11) is 0. The lowest BCUT2D eigenvalue weighted by atomic mass is 9.95. The molecule has 1 fully saturated rings. The van der Waals surface area contributed by atoms with E-state index in [1.165, 1.54) is 12.1 Å². The van der Waals surface area contributed by atoms with Gasteiger partial charge in [0.1, 0.15) is 5.60 Å². The van der Waals surface area contributed by atoms with Gasteiger partial charge in [-0.3, -0.25) is 0 Å². The summed E-state index contributed by atoms with van der Waals surface area (Å²) in [6.07, 6.45) is -3.16. The van der Waals surface area contributed by atoms with Gasteiger partial charge in [-0.25, -0.2) is 4.79 Å². The van der Waals surface area contributed by atoms with Crippen LogP contribution in [0.3, 0.4) is 0 Å². The number of halogens is 3. The van der Waals surface area contributed by atoms with Crippen LogP contribution in [-0.4, -0.2) is 29.2 Å². The van der Waals surface area contributed by atoms with E-state index in [1.54, 1.807) is 4.90 Å². The summed E-state index contributed by atoms with van der Waals surface area (Å²) < 4.78 is 43.4. The number of ether oxygens (including phenoxy) is 1. The van der Waals surface area contributed by atoms with Gasteiger partial charge in [-0.05, 0) is 51.3 Å². The number of hydrogen-bond acceptors (Lipinski definition) is 2. The molecule has 0 bridgehead atoms. The summed E-state index contributed by atoms with van der Waals surface area (Å²) in [5, 5.41) is 0. The van der Waals surface area contributed by atoms with Gasteiger partial charge in [0.05, 0.1) is 5.56 Å². The molecule has 1 aliphatic heterocycles. The van der Waals surface area contributed by atoms with Crippen LogP contribution in [0.4, 0.5) is 18.0 Å². The monoisotopic (exact) mass is 343 g/mol. The Balaban J connectivity index is 2.12. The summed E-state index contributed by atoms with van der Waals surface area (Å²) in [6, 6.07) is 5.28. The summed E-state index contributed by atoms with van der Waals surface area (Å²) in [6.45, 7) is 7.91. The lowest BCUT2D eigenvalue weighted by Gasteiger charge is -2.28. The van der Waals surface area contributed by atoms with Crippen LogP contribution in [0.15, 0.2) is 24.3 Å². The zero-order valence-electron chi connectivity index (χ0n) is 14.5. The lowest BCUT2D eigenvalue weighted by molar-refractivity contribution is -0.137. The van der Waals surface area contributed by atoms with Crippen LogP contribution in [-0.2, 0) is 10.9 Å². The predicted molar refractivity (Wildman–Crippen MR) is 85.8 cm³/mol. The molecule has 134 valence electrons. The van der Waals surface area contributed by atoms with Crippen molar-refractivity contribution in [1.29, 1.82) is 0 Å². The molecule has 0 aliphatic carbocycles. The molecule has 1 heterocycles. The number of carbonyl (C=O) groups is 1. The topological polar surface area (TPSA) is 29.5 Å². The highest BCUT2D eigenvalue weighted by molar-refractivity contribution is 5.69. The highest BCUT2D eigenvalue weighted by Crippen LogP contribution is 2.36. The molecule has 1 aromatic carbocycles. The number of alkyl halides is 3. The third kappa shape index (κ3) is 4.42. The molecule has 0 unspecified atom stereocenters. The highest BCUT2D eigenvalue weighted by Gasteiger charge is 2.37. The van der Waals surface area contributed by atoms with Gasteiger partial charge in [-0.2, -0.15) is 13.2 Å². The van der Waals surface area contributed by atoms with E-state index in [4.69, 9.17) is 4.74 Å². The van der Waals surface area contributed by atoms with Crippen LogP contribution in [0.25, 0.3) is 0 Å². The van der Waals surface area contributed by atoms with E-state index in [0.29, 0.717) is 6.54 Å². The fourth-order valence-corrected chi connectivity index (χ4v) is 3.03. The van der Waals surface area contributed by atoms with Crippen LogP contribution >= 0.6 is 0 Å². The van der Waals surface area contributed by atoms with Crippen molar-refractivity contribution in [2.75, 3.05) is 6.54 Å². The highest BCUT2D eigenvalue weighted by atomic mass is 19.4. The molecule has 6 heteroatoms. The minimum absolute atomic E-state index is 0.0322. The molecule has 1 saturated heterocycles. The minimum Gasteiger partial charge on any atom is -0.444 e. The number of rotatable bonds is 2. The molecular formula is C18H24F3NO2. The van der Waals surface area contributed by atoms with Crippen LogP contribution in [0.1, 0.15) is 57.6 Å². The normalized spacial score (nSPS) is 21.9. The number of nitrogens with zero attached hydrogens (tertiary/aromatic N) is 1. The first-order chi connectivity index (χ1) is 11.0. The van der Waals surface area contributed by atoms with Crippen LogP contribution in [0.5, 0.6) is 0 Å². The molecule has 2 rings (SSSR count). The Morgan fingerprint density at radius 1 is 1.21 bits per heavy atom. The SMILES string of the molecule is CC[C@H]1C[C@@H](c2ccc(C(F)(F)F)cc2)CN1C(=O)OC(C)(C)C. The van der Waals surface area contributed by atoms with E-state index < -0.39 is 17.3 Å². The Bertz CT molecular complexity index is 575. The molecule has 1 aliphatic rings. The molecule has 3 nitrogen and oxygen atoms in total. The maximum absolute atomic E-state index is 12.7. The summed E-state index contributed by atoms with van der Waals surface area (Å²) in [5.41, 5.74) is -0.394. The van der Waals surface area contributed by atoms with Gasteiger partial charge in [-0.15, -0.1) is 0 Å². The Morgan fingerprint density at radius 2 is 1.79 bits per heavy atom. The average molecular weight is 343 g/mol. The summed E-state index contributed by atoms with van der Waals surface area (Å²) in [5.74, 6) is 0.0322. The predicted octanol–water partition coefficient (Wildman–Crippen LogP) is 5.21. The second-order valence-corrected chi connectivity index (χ2v) is 7.25. The van der Waals surface area contributed by atoms with Crippen molar-refractivity contribution in [2.24, 2.45) is 0 Å². The fraction of sp³-hybridized carbons (Fsp3) is 0.611. The molecular weight excluding hydrogens is 319 g/mol. The zero-order chi connectivity index (χ0) is 18.1. The van der Waals surface area contributed by atoms with Gasteiger partial charge in [0.15, 0.2) is 0 Å². The first-order valence-corrected chi connectivity index (χ1v) is 8.18. The third-order valence-corrected chi connectivity index (χ3v) is 4.22. The van der Waals surface area contributed by atoms with Crippen molar-refractivity contribution < 1.29 is 22.7 Å². The largest absolute Gasteiger partial charge is 0.444 e. The number of likely N-dealkylation sites (tertiary alicyclic amines) is 1. The molecule has 24 heavy (non-hydrogen) atoms. The van der Waals surface area contributed by atoms with Crippen molar-refractivity contribution in [3.63, 3.8) is 0 Å². The standard InChI is InChI=1S/C18H24F3NO2/c1-5-15-10-13(11-22(15)16(23)24-17(2,3)4)12-6-8-14(9-7-12)18(19,20)21/h6-9,13,15H,5,10-11H2,1-4H3/t13-,15+/m1/s1. The maximum Gasteiger partial charge on any atom is 0.416 e. The Morgan fingerprint density at radius 3 is 2.25 bits per heavy atom. The number of hydrogen-bond donors (Lipinski definition) is 0. The van der Waals surface area contributed by atoms with Crippen molar-refractivity contribution in [3.8, 4) is 0 Å². The minimum atomic E-state index is -4.33. The van der Waals surface area contributed by atoms with Gasteiger partial charge in [-0.1, -0.05) is 19.1 Å². The smallest absolute Gasteiger partial charge is 0.416 e. The second-order valence-electron chi connectivity index (χ2n) is 7.25. The molecule has 0 aromatic heterocycles. The van der Waals surface area contributed by atoms with Gasteiger partial charge in [0.2, 0.25) is 0 Å². The summed E-state index contributed by atoms with van der Waals surface area (Å²) >= 11 is 0. The molecule has 2 atom stereocenters. The molecule has 1 amide bonds. The molecule has 0 N–H and O–H groups in total. The third-order valence-electron chi connectivity index (χ3n) is 4.22. The molecule has 0 saturated carbocycles. The van der Waals surface area contributed by atoms with Crippen LogP contribution in [0.2, 0.25) is 0 Å². The molecule has 0 radical (unpaired) electrons. The van der Waals surface area contributed by atoms with E-state index in [0.717, 1.165) is 30.5 Å². The van der Waals surface area contributed by atoms with E-state index in [9.17, 15) is 18.0 Å².